The molecule has 8 nitrogen and oxygen atoms in total. The summed E-state index contributed by atoms with van der Waals surface area (Å²) in [5.41, 5.74) is 1.03. The molecular formula is C27H28N4O4S3. The molecule has 5 rings (SSSR count). The van der Waals surface area contributed by atoms with Crippen LogP contribution >= 0.6 is 22.7 Å². The van der Waals surface area contributed by atoms with Gasteiger partial charge in [-0.15, -0.1) is 11.3 Å². The Labute approximate surface area is 230 Å². The van der Waals surface area contributed by atoms with Crippen molar-refractivity contribution in [2.75, 3.05) is 25.2 Å². The van der Waals surface area contributed by atoms with Crippen molar-refractivity contribution in [1.82, 2.24) is 9.29 Å². The standard InChI is InChI=1S/C27H28N4O4S3/c1-18-13-19(2)17-30(16-18)38(33,34)23-9-6-20(7-10-23)26(32)31(28-15-22-5-4-12-36-22)27-29-24-11-8-21(35-3)14-25(24)37-27/h4-12,14-15,18-19H,13,16-17H2,1-3H3/b28-15+. The van der Waals surface area contributed by atoms with Crippen LogP contribution in [0.15, 0.2) is 70.0 Å². The van der Waals surface area contributed by atoms with Gasteiger partial charge in [0.2, 0.25) is 15.2 Å². The summed E-state index contributed by atoms with van der Waals surface area (Å²) in [5, 5.41) is 8.06. The van der Waals surface area contributed by atoms with Crippen molar-refractivity contribution in [1.29, 1.82) is 0 Å². The summed E-state index contributed by atoms with van der Waals surface area (Å²) >= 11 is 2.83. The van der Waals surface area contributed by atoms with Crippen LogP contribution in [0.2, 0.25) is 0 Å². The summed E-state index contributed by atoms with van der Waals surface area (Å²) < 4.78 is 34.3. The summed E-state index contributed by atoms with van der Waals surface area (Å²) in [6.07, 6.45) is 2.63. The van der Waals surface area contributed by atoms with Gasteiger partial charge in [0.15, 0.2) is 0 Å². The van der Waals surface area contributed by atoms with Crippen molar-refractivity contribution in [3.8, 4) is 5.75 Å². The first-order chi connectivity index (χ1) is 18.2. The van der Waals surface area contributed by atoms with E-state index in [1.165, 1.54) is 51.9 Å². The van der Waals surface area contributed by atoms with Crippen LogP contribution < -0.4 is 9.75 Å². The van der Waals surface area contributed by atoms with E-state index in [9.17, 15) is 13.2 Å². The third-order valence-corrected chi connectivity index (χ3v) is 10.0. The van der Waals surface area contributed by atoms with E-state index in [1.54, 1.807) is 17.6 Å². The van der Waals surface area contributed by atoms with Gasteiger partial charge in [0.25, 0.3) is 5.91 Å². The first-order valence-electron chi connectivity index (χ1n) is 12.2. The van der Waals surface area contributed by atoms with Crippen LogP contribution in [0.5, 0.6) is 5.75 Å². The largest absolute Gasteiger partial charge is 0.497 e. The molecule has 0 bridgehead atoms. The second kappa shape index (κ2) is 10.9. The lowest BCUT2D eigenvalue weighted by molar-refractivity contribution is 0.0987. The third-order valence-electron chi connectivity index (χ3n) is 6.38. The summed E-state index contributed by atoms with van der Waals surface area (Å²) in [6, 6.07) is 15.4. The molecule has 0 radical (unpaired) electrons. The lowest BCUT2D eigenvalue weighted by Gasteiger charge is -2.34. The van der Waals surface area contributed by atoms with E-state index in [-0.39, 0.29) is 4.90 Å². The number of benzene rings is 2. The highest BCUT2D eigenvalue weighted by Crippen LogP contribution is 2.33. The van der Waals surface area contributed by atoms with Gasteiger partial charge in [-0.3, -0.25) is 4.79 Å². The quantitative estimate of drug-likeness (QED) is 0.210. The van der Waals surface area contributed by atoms with Gasteiger partial charge in [-0.05, 0) is 72.2 Å². The number of rotatable bonds is 7. The molecule has 4 aromatic rings. The van der Waals surface area contributed by atoms with Crippen LogP contribution in [0.1, 0.15) is 35.5 Å². The maximum Gasteiger partial charge on any atom is 0.280 e. The number of methoxy groups -OCH3 is 1. The molecular weight excluding hydrogens is 541 g/mol. The molecule has 38 heavy (non-hydrogen) atoms. The van der Waals surface area contributed by atoms with Gasteiger partial charge in [-0.1, -0.05) is 31.3 Å². The monoisotopic (exact) mass is 568 g/mol. The molecule has 2 aromatic carbocycles. The van der Waals surface area contributed by atoms with E-state index in [2.05, 4.69) is 23.9 Å². The van der Waals surface area contributed by atoms with Crippen molar-refractivity contribution < 1.29 is 17.9 Å². The Morgan fingerprint density at radius 1 is 1.13 bits per heavy atom. The molecule has 11 heteroatoms. The number of carbonyl (C=O) groups is 1. The Kier molecular flexibility index (Phi) is 7.62. The first kappa shape index (κ1) is 26.5. The summed E-state index contributed by atoms with van der Waals surface area (Å²) in [5.74, 6) is 0.894. The van der Waals surface area contributed by atoms with Crippen molar-refractivity contribution in [3.05, 3.63) is 70.4 Å². The molecule has 3 heterocycles. The van der Waals surface area contributed by atoms with Crippen LogP contribution in [-0.4, -0.2) is 50.0 Å². The molecule has 2 atom stereocenters. The molecule has 1 aliphatic rings. The van der Waals surface area contributed by atoms with Gasteiger partial charge in [-0.2, -0.15) is 14.4 Å². The van der Waals surface area contributed by atoms with E-state index < -0.39 is 15.9 Å². The molecule has 1 aliphatic heterocycles. The van der Waals surface area contributed by atoms with Crippen LogP contribution in [0, 0.1) is 11.8 Å². The Bertz CT molecular complexity index is 1550. The van der Waals surface area contributed by atoms with Crippen molar-refractivity contribution in [2.45, 2.75) is 25.2 Å². The fourth-order valence-electron chi connectivity index (χ4n) is 4.62. The van der Waals surface area contributed by atoms with E-state index in [0.717, 1.165) is 21.5 Å². The number of hydrogen-bond acceptors (Lipinski definition) is 8. The van der Waals surface area contributed by atoms with E-state index in [1.807, 2.05) is 35.7 Å². The number of hydrogen-bond donors (Lipinski definition) is 0. The smallest absolute Gasteiger partial charge is 0.280 e. The normalized spacial score (nSPS) is 18.7. The van der Waals surface area contributed by atoms with Gasteiger partial charge < -0.3 is 4.74 Å². The van der Waals surface area contributed by atoms with E-state index >= 15 is 0 Å². The van der Waals surface area contributed by atoms with Gasteiger partial charge in [0.05, 0.1) is 28.4 Å². The fourth-order valence-corrected chi connectivity index (χ4v) is 7.83. The number of amides is 1. The van der Waals surface area contributed by atoms with Crippen molar-refractivity contribution in [2.24, 2.45) is 16.9 Å². The van der Waals surface area contributed by atoms with Gasteiger partial charge in [0, 0.05) is 23.5 Å². The Balaban J connectivity index is 1.45. The highest BCUT2D eigenvalue weighted by Gasteiger charge is 2.32. The number of nitrogens with zero attached hydrogens (tertiary/aromatic N) is 4. The molecule has 1 saturated heterocycles. The second-order valence-corrected chi connectivity index (χ2v) is 13.4. The molecule has 2 aromatic heterocycles. The second-order valence-electron chi connectivity index (χ2n) is 9.50. The van der Waals surface area contributed by atoms with E-state index in [0.29, 0.717) is 41.4 Å². The molecule has 2 unspecified atom stereocenters. The topological polar surface area (TPSA) is 92.2 Å². The zero-order valence-electron chi connectivity index (χ0n) is 21.3. The number of piperidine rings is 1. The number of thiazole rings is 1. The number of ether oxygens (including phenoxy) is 1. The Hall–Kier alpha value is -3.12. The number of anilines is 1. The number of thiophene rings is 1. The maximum absolute atomic E-state index is 13.7. The molecule has 198 valence electrons. The van der Waals surface area contributed by atoms with Gasteiger partial charge in [-0.25, -0.2) is 13.4 Å². The zero-order valence-corrected chi connectivity index (χ0v) is 23.7. The van der Waals surface area contributed by atoms with Crippen molar-refractivity contribution >= 4 is 60.2 Å². The minimum absolute atomic E-state index is 0.177. The number of sulfonamides is 1. The molecule has 0 saturated carbocycles. The minimum Gasteiger partial charge on any atom is -0.497 e. The Morgan fingerprint density at radius 3 is 2.53 bits per heavy atom. The molecule has 0 spiro atoms. The average Bonchev–Trinajstić information content (AvgIpc) is 3.57. The van der Waals surface area contributed by atoms with Crippen LogP contribution in [0.3, 0.4) is 0 Å². The molecule has 1 fully saturated rings. The summed E-state index contributed by atoms with van der Waals surface area (Å²) in [7, 11) is -2.05. The predicted octanol–water partition coefficient (Wildman–Crippen LogP) is 5.71. The zero-order chi connectivity index (χ0) is 26.9. The van der Waals surface area contributed by atoms with Gasteiger partial charge in [0.1, 0.15) is 5.75 Å². The summed E-state index contributed by atoms with van der Waals surface area (Å²) in [6.45, 7) is 5.15. The van der Waals surface area contributed by atoms with Crippen LogP contribution in [0.4, 0.5) is 5.13 Å². The highest BCUT2D eigenvalue weighted by molar-refractivity contribution is 7.89. The lowest BCUT2D eigenvalue weighted by atomic mass is 9.94. The predicted molar refractivity (Wildman–Crippen MR) is 153 cm³/mol. The maximum atomic E-state index is 13.7. The average molecular weight is 569 g/mol. The fraction of sp³-hybridized carbons (Fsp3) is 0.296. The number of carbonyl (C=O) groups excluding carboxylic acids is 1. The minimum atomic E-state index is -3.65. The number of aromatic nitrogens is 1. The third kappa shape index (κ3) is 5.51. The lowest BCUT2D eigenvalue weighted by Crippen LogP contribution is -2.42. The number of fused-ring (bicyclic) bond motifs is 1. The molecule has 0 aliphatic carbocycles. The highest BCUT2D eigenvalue weighted by atomic mass is 32.2. The SMILES string of the molecule is COc1ccc2nc(N(/N=C/c3cccs3)C(=O)c3ccc(S(=O)(=O)N4CC(C)CC(C)C4)cc3)sc2c1. The molecule has 0 N–H and O–H groups in total. The van der Waals surface area contributed by atoms with Crippen molar-refractivity contribution in [3.63, 3.8) is 0 Å². The first-order valence-corrected chi connectivity index (χ1v) is 15.3. The van der Waals surface area contributed by atoms with Crippen LogP contribution in [-0.2, 0) is 10.0 Å². The van der Waals surface area contributed by atoms with Gasteiger partial charge >= 0.3 is 0 Å². The van der Waals surface area contributed by atoms with Crippen LogP contribution in [0.25, 0.3) is 10.2 Å². The van der Waals surface area contributed by atoms with E-state index in [4.69, 9.17) is 4.74 Å². The summed E-state index contributed by atoms with van der Waals surface area (Å²) in [4.78, 5) is 19.3. The number of hydrazone groups is 1. The molecule has 1 amide bonds. The Morgan fingerprint density at radius 2 is 1.87 bits per heavy atom.